The quantitative estimate of drug-likeness (QED) is 0.796. The van der Waals surface area contributed by atoms with Crippen molar-refractivity contribution in [1.29, 1.82) is 0 Å². The Labute approximate surface area is 143 Å². The summed E-state index contributed by atoms with van der Waals surface area (Å²) in [5.74, 6) is 0. The number of hydrogen-bond donors (Lipinski definition) is 1. The molecule has 130 valence electrons. The van der Waals surface area contributed by atoms with Gasteiger partial charge in [0, 0.05) is 25.8 Å². The second-order valence-electron chi connectivity index (χ2n) is 7.60. The van der Waals surface area contributed by atoms with Crippen LogP contribution in [0.1, 0.15) is 33.3 Å². The van der Waals surface area contributed by atoms with Gasteiger partial charge in [0.05, 0.1) is 17.7 Å². The van der Waals surface area contributed by atoms with Crippen LogP contribution in [0.25, 0.3) is 0 Å². The maximum Gasteiger partial charge on any atom is 0.494 e. The van der Waals surface area contributed by atoms with Gasteiger partial charge in [0.2, 0.25) is 0 Å². The van der Waals surface area contributed by atoms with E-state index in [1.165, 1.54) is 4.90 Å². The number of anilines is 1. The van der Waals surface area contributed by atoms with Crippen LogP contribution < -0.4 is 10.4 Å². The van der Waals surface area contributed by atoms with Crippen LogP contribution in [0, 0.1) is 0 Å². The monoisotopic (exact) mass is 332 g/mol. The van der Waals surface area contributed by atoms with Crippen LogP contribution in [0.15, 0.2) is 18.2 Å². The van der Waals surface area contributed by atoms with E-state index < -0.39 is 13.2 Å². The van der Waals surface area contributed by atoms with Gasteiger partial charge >= 0.3 is 13.2 Å². The lowest BCUT2D eigenvalue weighted by molar-refractivity contribution is 0.00578. The number of carboxylic acid groups (broad SMARTS) is 1. The third-order valence-electron chi connectivity index (χ3n) is 5.38. The highest BCUT2D eigenvalue weighted by atomic mass is 16.7. The largest absolute Gasteiger partial charge is 0.494 e. The molecule has 2 aliphatic rings. The van der Waals surface area contributed by atoms with Gasteiger partial charge in [-0.15, -0.1) is 0 Å². The minimum Gasteiger partial charge on any atom is -0.465 e. The highest BCUT2D eigenvalue weighted by molar-refractivity contribution is 6.62. The average Bonchev–Trinajstić information content (AvgIpc) is 2.62. The van der Waals surface area contributed by atoms with Gasteiger partial charge in [0.1, 0.15) is 0 Å². The fourth-order valence-electron chi connectivity index (χ4n) is 3.03. The summed E-state index contributed by atoms with van der Waals surface area (Å²) in [6.07, 6.45) is -0.883. The lowest BCUT2D eigenvalue weighted by atomic mass is 9.78. The van der Waals surface area contributed by atoms with Crippen LogP contribution in [0.4, 0.5) is 10.5 Å². The molecule has 2 heterocycles. The lowest BCUT2D eigenvalue weighted by Gasteiger charge is -2.32. The van der Waals surface area contributed by atoms with Gasteiger partial charge < -0.3 is 24.2 Å². The van der Waals surface area contributed by atoms with Crippen molar-refractivity contribution in [2.45, 2.75) is 45.4 Å². The first-order chi connectivity index (χ1) is 11.1. The minimum atomic E-state index is -0.883. The summed E-state index contributed by atoms with van der Waals surface area (Å²) < 4.78 is 12.2. The van der Waals surface area contributed by atoms with Crippen molar-refractivity contribution >= 4 is 24.4 Å². The smallest absolute Gasteiger partial charge is 0.465 e. The summed E-state index contributed by atoms with van der Waals surface area (Å²) in [6, 6.07) is 6.01. The van der Waals surface area contributed by atoms with Gasteiger partial charge in [-0.2, -0.15) is 0 Å². The Hall–Kier alpha value is -1.73. The van der Waals surface area contributed by atoms with Crippen LogP contribution in [0.3, 0.4) is 0 Å². The molecule has 0 spiro atoms. The zero-order chi connectivity index (χ0) is 17.7. The van der Waals surface area contributed by atoms with E-state index in [9.17, 15) is 9.90 Å². The summed E-state index contributed by atoms with van der Waals surface area (Å²) in [5.41, 5.74) is 2.24. The van der Waals surface area contributed by atoms with Gasteiger partial charge in [-0.1, -0.05) is 12.1 Å². The molecule has 0 unspecified atom stereocenters. The topological polar surface area (TPSA) is 62.2 Å². The van der Waals surface area contributed by atoms with Crippen molar-refractivity contribution in [1.82, 2.24) is 4.90 Å². The molecule has 1 saturated heterocycles. The molecule has 7 heteroatoms. The molecule has 1 aromatic carbocycles. The molecule has 0 saturated carbocycles. The summed E-state index contributed by atoms with van der Waals surface area (Å²) in [5, 5.41) is 9.28. The Balaban J connectivity index is 1.91. The molecule has 2 aliphatic heterocycles. The molecular formula is C17H25BN2O4. The molecule has 0 aromatic heterocycles. The predicted molar refractivity (Wildman–Crippen MR) is 93.9 cm³/mol. The van der Waals surface area contributed by atoms with E-state index in [0.717, 1.165) is 16.7 Å². The highest BCUT2D eigenvalue weighted by Gasteiger charge is 2.51. The van der Waals surface area contributed by atoms with Gasteiger partial charge in [-0.3, -0.25) is 0 Å². The molecule has 1 N–H and O–H groups in total. The Morgan fingerprint density at radius 1 is 1.17 bits per heavy atom. The first kappa shape index (κ1) is 17.1. The van der Waals surface area contributed by atoms with Crippen LogP contribution >= 0.6 is 0 Å². The summed E-state index contributed by atoms with van der Waals surface area (Å²) >= 11 is 0. The van der Waals surface area contributed by atoms with Crippen molar-refractivity contribution < 1.29 is 19.2 Å². The standard InChI is InChI=1S/C17H25BN2O4/c1-16(2)17(3,4)24-18(23-16)13-7-6-12-11-20(15(21)22)9-8-19(5)14(12)10-13/h6-7,10H,8-9,11H2,1-5H3,(H,21,22). The summed E-state index contributed by atoms with van der Waals surface area (Å²) in [6.45, 7) is 9.69. The lowest BCUT2D eigenvalue weighted by Crippen LogP contribution is -2.41. The van der Waals surface area contributed by atoms with E-state index >= 15 is 0 Å². The minimum absolute atomic E-state index is 0.379. The number of nitrogens with zero attached hydrogens (tertiary/aromatic N) is 2. The number of amides is 1. The van der Waals surface area contributed by atoms with Crippen LogP contribution in [-0.4, -0.2) is 54.6 Å². The molecule has 0 atom stereocenters. The number of fused-ring (bicyclic) bond motifs is 1. The van der Waals surface area contributed by atoms with E-state index in [-0.39, 0.29) is 11.2 Å². The second-order valence-corrected chi connectivity index (χ2v) is 7.60. The number of hydrogen-bond acceptors (Lipinski definition) is 4. The van der Waals surface area contributed by atoms with Gasteiger partial charge in [0.15, 0.2) is 0 Å². The fraction of sp³-hybridized carbons (Fsp3) is 0.588. The van der Waals surface area contributed by atoms with E-state index in [1.54, 1.807) is 0 Å². The number of likely N-dealkylation sites (N-methyl/N-ethyl adjacent to an activating group) is 1. The van der Waals surface area contributed by atoms with Crippen LogP contribution in [0.5, 0.6) is 0 Å². The molecule has 24 heavy (non-hydrogen) atoms. The molecule has 1 amide bonds. The highest BCUT2D eigenvalue weighted by Crippen LogP contribution is 2.37. The summed E-state index contributed by atoms with van der Waals surface area (Å²) in [7, 11) is 1.57. The Kier molecular flexibility index (Phi) is 4.04. The van der Waals surface area contributed by atoms with E-state index in [2.05, 4.69) is 11.0 Å². The van der Waals surface area contributed by atoms with Crippen LogP contribution in [-0.2, 0) is 15.9 Å². The van der Waals surface area contributed by atoms with Crippen LogP contribution in [0.2, 0.25) is 0 Å². The van der Waals surface area contributed by atoms with Crippen molar-refractivity contribution in [2.24, 2.45) is 0 Å². The first-order valence-electron chi connectivity index (χ1n) is 8.28. The molecule has 0 aliphatic carbocycles. The fourth-order valence-corrected chi connectivity index (χ4v) is 3.03. The first-order valence-corrected chi connectivity index (χ1v) is 8.28. The molecule has 1 fully saturated rings. The van der Waals surface area contributed by atoms with Gasteiger partial charge in [0.25, 0.3) is 0 Å². The maximum atomic E-state index is 11.3. The molecule has 0 bridgehead atoms. The predicted octanol–water partition coefficient (Wildman–Crippen LogP) is 1.92. The normalized spacial score (nSPS) is 22.3. The van der Waals surface area contributed by atoms with Gasteiger partial charge in [-0.05, 0) is 44.8 Å². The van der Waals surface area contributed by atoms with Crippen molar-refractivity contribution in [3.8, 4) is 0 Å². The summed E-state index contributed by atoms with van der Waals surface area (Å²) in [4.78, 5) is 14.8. The number of rotatable bonds is 1. The Bertz CT molecular complexity index is 646. The molecular weight excluding hydrogens is 307 g/mol. The second kappa shape index (κ2) is 5.67. The molecule has 0 radical (unpaired) electrons. The van der Waals surface area contributed by atoms with Crippen molar-refractivity contribution in [3.63, 3.8) is 0 Å². The van der Waals surface area contributed by atoms with E-state index in [1.807, 2.05) is 46.9 Å². The third kappa shape index (κ3) is 2.87. The third-order valence-corrected chi connectivity index (χ3v) is 5.38. The average molecular weight is 332 g/mol. The van der Waals surface area contributed by atoms with Crippen molar-refractivity contribution in [2.75, 3.05) is 25.0 Å². The number of carbonyl (C=O) groups is 1. The SMILES string of the molecule is CN1CCN(C(=O)O)Cc2ccc(B3OC(C)(C)C(C)(C)O3)cc21. The number of benzene rings is 1. The molecule has 3 rings (SSSR count). The maximum absolute atomic E-state index is 11.3. The zero-order valence-electron chi connectivity index (χ0n) is 15.0. The Morgan fingerprint density at radius 2 is 1.79 bits per heavy atom. The van der Waals surface area contributed by atoms with Crippen molar-refractivity contribution in [3.05, 3.63) is 23.8 Å². The van der Waals surface area contributed by atoms with E-state index in [4.69, 9.17) is 9.31 Å². The van der Waals surface area contributed by atoms with E-state index in [0.29, 0.717) is 19.6 Å². The molecule has 1 aromatic rings. The Morgan fingerprint density at radius 3 is 2.38 bits per heavy atom. The zero-order valence-corrected chi connectivity index (χ0v) is 15.0. The van der Waals surface area contributed by atoms with Gasteiger partial charge in [-0.25, -0.2) is 4.79 Å². The molecule has 6 nitrogen and oxygen atoms in total.